The number of ether oxygens (including phenoxy) is 1. The Morgan fingerprint density at radius 2 is 1.79 bits per heavy atom. The van der Waals surface area contributed by atoms with Gasteiger partial charge >= 0.3 is 0 Å². The van der Waals surface area contributed by atoms with E-state index in [1.54, 1.807) is 37.6 Å². The van der Waals surface area contributed by atoms with Gasteiger partial charge in [-0.15, -0.1) is 12.4 Å². The maximum atomic E-state index is 13.5. The van der Waals surface area contributed by atoms with Crippen molar-refractivity contribution >= 4 is 22.4 Å². The molecule has 0 unspecified atom stereocenters. The lowest BCUT2D eigenvalue weighted by Crippen LogP contribution is -2.14. The standard InChI is InChI=1S/C22H24N2O3S.ClH/c1-23-14-17-15-24(28(25,26)19-12-10-18(27-2)11-13-19)22-20-8-4-3-6-16(20)7-5-9-21(17)22;/h3-4,6,8,10-13,15,23H,5,7,9,14H2,1-2H3;1H. The van der Waals surface area contributed by atoms with Gasteiger partial charge in [0, 0.05) is 18.3 Å². The number of benzene rings is 2. The number of nitrogens with zero attached hydrogens (tertiary/aromatic N) is 1. The van der Waals surface area contributed by atoms with E-state index >= 15 is 0 Å². The number of nitrogens with one attached hydrogen (secondary N) is 1. The third-order valence-corrected chi connectivity index (χ3v) is 6.97. The summed E-state index contributed by atoms with van der Waals surface area (Å²) in [5.74, 6) is 0.631. The average Bonchev–Trinajstić information content (AvgIpc) is 2.96. The van der Waals surface area contributed by atoms with Gasteiger partial charge in [0.15, 0.2) is 0 Å². The van der Waals surface area contributed by atoms with Crippen LogP contribution < -0.4 is 10.1 Å². The zero-order valence-corrected chi connectivity index (χ0v) is 18.1. The number of hydrogen-bond donors (Lipinski definition) is 1. The molecule has 1 N–H and O–H groups in total. The van der Waals surface area contributed by atoms with Crippen LogP contribution in [0.25, 0.3) is 11.3 Å². The molecular weight excluding hydrogens is 408 g/mol. The van der Waals surface area contributed by atoms with Crippen molar-refractivity contribution in [3.63, 3.8) is 0 Å². The summed E-state index contributed by atoms with van der Waals surface area (Å²) in [4.78, 5) is 0.254. The smallest absolute Gasteiger partial charge is 0.268 e. The largest absolute Gasteiger partial charge is 0.497 e. The minimum Gasteiger partial charge on any atom is -0.497 e. The van der Waals surface area contributed by atoms with Crippen LogP contribution in [0.1, 0.15) is 23.1 Å². The van der Waals surface area contributed by atoms with Gasteiger partial charge in [0.2, 0.25) is 0 Å². The van der Waals surface area contributed by atoms with Gasteiger partial charge in [0.1, 0.15) is 5.75 Å². The number of halogens is 1. The zero-order valence-electron chi connectivity index (χ0n) is 16.5. The van der Waals surface area contributed by atoms with Gasteiger partial charge in [0.05, 0.1) is 17.7 Å². The fraction of sp³-hybridized carbons (Fsp3) is 0.273. The first kappa shape index (κ1) is 21.4. The molecule has 7 heteroatoms. The van der Waals surface area contributed by atoms with Crippen molar-refractivity contribution in [1.82, 2.24) is 9.29 Å². The number of hydrogen-bond acceptors (Lipinski definition) is 4. The monoisotopic (exact) mass is 432 g/mol. The molecule has 2 aromatic carbocycles. The van der Waals surface area contributed by atoms with E-state index in [9.17, 15) is 8.42 Å². The molecule has 4 rings (SSSR count). The number of aromatic nitrogens is 1. The highest BCUT2D eigenvalue weighted by Crippen LogP contribution is 2.37. The van der Waals surface area contributed by atoms with Crippen molar-refractivity contribution in [1.29, 1.82) is 0 Å². The highest BCUT2D eigenvalue weighted by Gasteiger charge is 2.28. The molecule has 0 saturated carbocycles. The lowest BCUT2D eigenvalue weighted by atomic mass is 10.0. The van der Waals surface area contributed by atoms with E-state index < -0.39 is 10.0 Å². The highest BCUT2D eigenvalue weighted by molar-refractivity contribution is 7.90. The number of fused-ring (bicyclic) bond motifs is 3. The Bertz CT molecular complexity index is 1110. The first-order valence-corrected chi connectivity index (χ1v) is 10.9. The molecule has 3 aromatic rings. The predicted octanol–water partition coefficient (Wildman–Crippen LogP) is 4.03. The van der Waals surface area contributed by atoms with E-state index in [0.29, 0.717) is 12.3 Å². The molecule has 5 nitrogen and oxygen atoms in total. The second-order valence-electron chi connectivity index (χ2n) is 7.00. The van der Waals surface area contributed by atoms with Crippen molar-refractivity contribution in [2.75, 3.05) is 14.2 Å². The van der Waals surface area contributed by atoms with Gasteiger partial charge in [-0.05, 0) is 67.3 Å². The minimum atomic E-state index is -3.73. The quantitative estimate of drug-likeness (QED) is 0.661. The number of rotatable bonds is 5. The molecule has 1 aromatic heterocycles. The van der Waals surface area contributed by atoms with Crippen LogP contribution in [0.4, 0.5) is 0 Å². The van der Waals surface area contributed by atoms with Gasteiger partial charge in [0.25, 0.3) is 10.0 Å². The van der Waals surface area contributed by atoms with E-state index in [1.165, 1.54) is 9.54 Å². The summed E-state index contributed by atoms with van der Waals surface area (Å²) in [6, 6.07) is 14.7. The lowest BCUT2D eigenvalue weighted by molar-refractivity contribution is 0.414. The zero-order chi connectivity index (χ0) is 19.7. The highest BCUT2D eigenvalue weighted by atomic mass is 35.5. The van der Waals surface area contributed by atoms with Crippen LogP contribution in [-0.2, 0) is 29.4 Å². The van der Waals surface area contributed by atoms with Crippen molar-refractivity contribution in [2.24, 2.45) is 0 Å². The summed E-state index contributed by atoms with van der Waals surface area (Å²) in [5, 5.41) is 3.17. The fourth-order valence-electron chi connectivity index (χ4n) is 3.95. The van der Waals surface area contributed by atoms with Gasteiger partial charge in [-0.1, -0.05) is 24.3 Å². The molecule has 0 spiro atoms. The van der Waals surface area contributed by atoms with Crippen molar-refractivity contribution < 1.29 is 13.2 Å². The molecule has 0 atom stereocenters. The van der Waals surface area contributed by atoms with Crippen LogP contribution >= 0.6 is 12.4 Å². The first-order valence-electron chi connectivity index (χ1n) is 9.42. The predicted molar refractivity (Wildman–Crippen MR) is 117 cm³/mol. The Morgan fingerprint density at radius 3 is 2.48 bits per heavy atom. The Labute approximate surface area is 178 Å². The SMILES string of the molecule is CNCc1cn(S(=O)(=O)c2ccc(OC)cc2)c2c1CCCc1ccccc1-2.Cl. The fourth-order valence-corrected chi connectivity index (χ4v) is 5.37. The molecule has 0 aliphatic heterocycles. The molecule has 0 bridgehead atoms. The third-order valence-electron chi connectivity index (χ3n) is 5.30. The van der Waals surface area contributed by atoms with Gasteiger partial charge in [-0.2, -0.15) is 0 Å². The normalized spacial score (nSPS) is 13.0. The molecular formula is C22H25ClN2O3S. The summed E-state index contributed by atoms with van der Waals surface area (Å²) in [5.41, 5.74) is 5.16. The lowest BCUT2D eigenvalue weighted by Gasteiger charge is -2.14. The van der Waals surface area contributed by atoms with Crippen molar-refractivity contribution in [3.05, 3.63) is 71.4 Å². The van der Waals surface area contributed by atoms with E-state index in [2.05, 4.69) is 11.4 Å². The molecule has 1 aliphatic carbocycles. The molecule has 0 amide bonds. The minimum absolute atomic E-state index is 0. The Balaban J connectivity index is 0.00000240. The van der Waals surface area contributed by atoms with Crippen molar-refractivity contribution in [2.45, 2.75) is 30.7 Å². The first-order chi connectivity index (χ1) is 13.6. The van der Waals surface area contributed by atoms with Gasteiger partial charge in [-0.3, -0.25) is 0 Å². The molecule has 0 radical (unpaired) electrons. The Morgan fingerprint density at radius 1 is 1.07 bits per heavy atom. The van der Waals surface area contributed by atoms with Crippen LogP contribution in [0.15, 0.2) is 59.6 Å². The van der Waals surface area contributed by atoms with Crippen LogP contribution in [0.2, 0.25) is 0 Å². The molecule has 0 saturated heterocycles. The van der Waals surface area contributed by atoms with E-state index in [-0.39, 0.29) is 17.3 Å². The summed E-state index contributed by atoms with van der Waals surface area (Å²) < 4.78 is 33.7. The second-order valence-corrected chi connectivity index (χ2v) is 8.81. The Hall–Kier alpha value is -2.28. The molecule has 1 heterocycles. The van der Waals surface area contributed by atoms with Crippen LogP contribution in [0.3, 0.4) is 0 Å². The van der Waals surface area contributed by atoms with E-state index in [0.717, 1.165) is 41.6 Å². The van der Waals surface area contributed by atoms with Crippen LogP contribution in [0, 0.1) is 0 Å². The summed E-state index contributed by atoms with van der Waals surface area (Å²) >= 11 is 0. The summed E-state index contributed by atoms with van der Waals surface area (Å²) in [6.45, 7) is 0.635. The number of methoxy groups -OCH3 is 1. The van der Waals surface area contributed by atoms with Gasteiger partial charge in [-0.25, -0.2) is 12.4 Å². The van der Waals surface area contributed by atoms with E-state index in [1.807, 2.05) is 25.2 Å². The molecule has 0 fully saturated rings. The Kier molecular flexibility index (Phi) is 6.36. The topological polar surface area (TPSA) is 60.3 Å². The van der Waals surface area contributed by atoms with Crippen molar-refractivity contribution in [3.8, 4) is 17.0 Å². The molecule has 29 heavy (non-hydrogen) atoms. The maximum absolute atomic E-state index is 13.5. The molecule has 1 aliphatic rings. The maximum Gasteiger partial charge on any atom is 0.268 e. The average molecular weight is 433 g/mol. The third kappa shape index (κ3) is 3.80. The molecule has 154 valence electrons. The van der Waals surface area contributed by atoms with Gasteiger partial charge < -0.3 is 10.1 Å². The van der Waals surface area contributed by atoms with Crippen LogP contribution in [-0.4, -0.2) is 26.5 Å². The second kappa shape index (κ2) is 8.61. The summed E-state index contributed by atoms with van der Waals surface area (Å²) in [7, 11) is -0.281. The number of aryl methyl sites for hydroxylation is 1. The van der Waals surface area contributed by atoms with E-state index in [4.69, 9.17) is 4.74 Å². The summed E-state index contributed by atoms with van der Waals surface area (Å²) in [6.07, 6.45) is 4.61. The van der Waals surface area contributed by atoms with Crippen LogP contribution in [0.5, 0.6) is 5.75 Å².